The summed E-state index contributed by atoms with van der Waals surface area (Å²) in [6.07, 6.45) is 3.98. The van der Waals surface area contributed by atoms with Crippen molar-refractivity contribution in [3.8, 4) is 56.4 Å². The molecule has 76 heavy (non-hydrogen) atoms. The highest BCUT2D eigenvalue weighted by atomic mass is 15.0. The van der Waals surface area contributed by atoms with Gasteiger partial charge in [0.05, 0.1) is 55.5 Å². The number of hydrogen-bond donors (Lipinski definition) is 0. The van der Waals surface area contributed by atoms with Gasteiger partial charge in [0, 0.05) is 100 Å². The maximum absolute atomic E-state index is 5.23. The molecule has 0 saturated heterocycles. The van der Waals surface area contributed by atoms with Crippen molar-refractivity contribution in [3.05, 3.63) is 267 Å². The number of nitrogens with zero attached hydrogens (tertiary/aromatic N) is 6. The summed E-state index contributed by atoms with van der Waals surface area (Å²) in [7, 11) is 0. The van der Waals surface area contributed by atoms with E-state index >= 15 is 0 Å². The molecule has 0 atom stereocenters. The van der Waals surface area contributed by atoms with Crippen LogP contribution in [0.4, 0.5) is 0 Å². The van der Waals surface area contributed by atoms with E-state index in [1.54, 1.807) is 0 Å². The Balaban J connectivity index is 0.823. The van der Waals surface area contributed by atoms with Crippen molar-refractivity contribution in [2.75, 3.05) is 0 Å². The molecule has 0 aliphatic rings. The first-order chi connectivity index (χ1) is 37.7. The van der Waals surface area contributed by atoms with Gasteiger partial charge in [0.15, 0.2) is 0 Å². The molecule has 0 N–H and O–H groups in total. The van der Waals surface area contributed by atoms with Crippen molar-refractivity contribution < 1.29 is 0 Å². The minimum absolute atomic E-state index is 0.887. The van der Waals surface area contributed by atoms with Crippen LogP contribution < -0.4 is 0 Å². The minimum atomic E-state index is 0.887. The monoisotopic (exact) mass is 968 g/mol. The fourth-order valence-electron chi connectivity index (χ4n) is 12.3. The first-order valence-corrected chi connectivity index (χ1v) is 25.9. The summed E-state index contributed by atoms with van der Waals surface area (Å²) in [6, 6.07) is 92.1. The Morgan fingerprint density at radius 2 is 0.408 bits per heavy atom. The normalized spacial score (nSPS) is 11.9. The zero-order valence-corrected chi connectivity index (χ0v) is 41.1. The Kier molecular flexibility index (Phi) is 9.23. The van der Waals surface area contributed by atoms with E-state index in [0.29, 0.717) is 0 Å². The molecule has 0 saturated carbocycles. The van der Waals surface area contributed by atoms with Crippen LogP contribution in [0, 0.1) is 0 Å². The molecule has 0 unspecified atom stereocenters. The Bertz CT molecular complexity index is 4200. The van der Waals surface area contributed by atoms with Gasteiger partial charge < -0.3 is 18.3 Å². The average Bonchev–Trinajstić information content (AvgIpc) is 4.29. The molecule has 0 aliphatic carbocycles. The Hall–Kier alpha value is -10.3. The first-order valence-electron chi connectivity index (χ1n) is 25.9. The van der Waals surface area contributed by atoms with Crippen LogP contribution >= 0.6 is 0 Å². The maximum atomic E-state index is 5.23. The van der Waals surface area contributed by atoms with Gasteiger partial charge in [0.25, 0.3) is 0 Å². The van der Waals surface area contributed by atoms with Crippen LogP contribution in [-0.2, 0) is 0 Å². The molecule has 354 valence electrons. The quantitative estimate of drug-likeness (QED) is 0.160. The topological polar surface area (TPSA) is 45.5 Å². The first kappa shape index (κ1) is 42.2. The number of aromatic nitrogens is 6. The summed E-state index contributed by atoms with van der Waals surface area (Å²) in [5.74, 6) is 0. The summed E-state index contributed by atoms with van der Waals surface area (Å²) in [6.45, 7) is 0. The fraction of sp³-hybridized carbons (Fsp3) is 0. The van der Waals surface area contributed by atoms with E-state index in [0.717, 1.165) is 101 Å². The van der Waals surface area contributed by atoms with Crippen LogP contribution in [0.15, 0.2) is 267 Å². The van der Waals surface area contributed by atoms with Gasteiger partial charge in [-0.15, -0.1) is 0 Å². The van der Waals surface area contributed by atoms with Gasteiger partial charge in [-0.1, -0.05) is 158 Å². The number of rotatable bonds is 7. The second-order valence-corrected chi connectivity index (χ2v) is 19.8. The van der Waals surface area contributed by atoms with E-state index in [1.807, 2.05) is 12.4 Å². The SMILES string of the molecule is c1ccc2c(c1)c1ccccc1n2-c1cc(-c2ccc(-c3ccc(-c4cc(-n5c6ccccc6c6ccccc65)cc(-n5c6ccccc6c6ccccc65)c4)nc3)cn2)cc(-n2c3ccccc3c3ccccc32)c1. The van der Waals surface area contributed by atoms with Gasteiger partial charge in [-0.05, 0) is 97.1 Å². The van der Waals surface area contributed by atoms with Crippen molar-refractivity contribution in [1.82, 2.24) is 28.2 Å². The van der Waals surface area contributed by atoms with E-state index in [2.05, 4.69) is 273 Å². The van der Waals surface area contributed by atoms with Gasteiger partial charge in [-0.2, -0.15) is 0 Å². The molecule has 6 nitrogen and oxygen atoms in total. The highest BCUT2D eigenvalue weighted by Crippen LogP contribution is 2.40. The van der Waals surface area contributed by atoms with E-state index < -0.39 is 0 Å². The van der Waals surface area contributed by atoms with Crippen LogP contribution in [-0.4, -0.2) is 28.2 Å². The zero-order valence-electron chi connectivity index (χ0n) is 41.1. The molecule has 0 bridgehead atoms. The molecule has 0 fully saturated rings. The Labute approximate surface area is 436 Å². The molecule has 6 heteroatoms. The lowest BCUT2D eigenvalue weighted by atomic mass is 10.0. The second kappa shape index (κ2) is 16.6. The number of pyridine rings is 2. The van der Waals surface area contributed by atoms with Crippen molar-refractivity contribution in [3.63, 3.8) is 0 Å². The molecule has 0 radical (unpaired) electrons. The van der Waals surface area contributed by atoms with E-state index in [4.69, 9.17) is 9.97 Å². The standard InChI is InChI=1S/C70H44N6/c1-9-25-63-53(17-1)54-18-2-10-26-64(54)73(63)49-37-47(38-50(41-49)74-65-27-11-3-19-55(65)56-20-4-12-28-66(56)74)61-35-33-45(43-71-61)46-34-36-62(72-44-46)48-39-51(75-67-29-13-5-21-57(67)58-22-6-14-30-68(58)75)42-52(40-48)76-69-31-15-7-23-59(69)60-24-8-16-32-70(60)76/h1-44H. The van der Waals surface area contributed by atoms with Crippen molar-refractivity contribution in [2.45, 2.75) is 0 Å². The number of para-hydroxylation sites is 8. The lowest BCUT2D eigenvalue weighted by molar-refractivity contribution is 1.13. The second-order valence-electron chi connectivity index (χ2n) is 19.8. The summed E-state index contributed by atoms with van der Waals surface area (Å²) < 4.78 is 9.60. The summed E-state index contributed by atoms with van der Waals surface area (Å²) >= 11 is 0. The van der Waals surface area contributed by atoms with E-state index in [9.17, 15) is 0 Å². The Morgan fingerprint density at radius 1 is 0.197 bits per heavy atom. The molecule has 6 aromatic heterocycles. The largest absolute Gasteiger partial charge is 0.309 e. The molecular formula is C70H44N6. The minimum Gasteiger partial charge on any atom is -0.309 e. The van der Waals surface area contributed by atoms with Crippen molar-refractivity contribution in [2.24, 2.45) is 0 Å². The summed E-state index contributed by atoms with van der Waals surface area (Å²) in [4.78, 5) is 10.5. The van der Waals surface area contributed by atoms with Crippen molar-refractivity contribution >= 4 is 87.2 Å². The molecule has 6 heterocycles. The number of fused-ring (bicyclic) bond motifs is 12. The maximum Gasteiger partial charge on any atom is 0.0703 e. The molecule has 10 aromatic carbocycles. The molecule has 16 rings (SSSR count). The zero-order chi connectivity index (χ0) is 49.8. The number of benzene rings is 10. The lowest BCUT2D eigenvalue weighted by Gasteiger charge is -2.16. The molecule has 0 aliphatic heterocycles. The van der Waals surface area contributed by atoms with Crippen LogP contribution in [0.2, 0.25) is 0 Å². The number of hydrogen-bond acceptors (Lipinski definition) is 2. The fourth-order valence-corrected chi connectivity index (χ4v) is 12.3. The third-order valence-corrected chi connectivity index (χ3v) is 15.6. The van der Waals surface area contributed by atoms with Crippen LogP contribution in [0.1, 0.15) is 0 Å². The third kappa shape index (κ3) is 6.41. The third-order valence-electron chi connectivity index (χ3n) is 15.6. The Morgan fingerprint density at radius 3 is 0.605 bits per heavy atom. The van der Waals surface area contributed by atoms with Crippen molar-refractivity contribution in [1.29, 1.82) is 0 Å². The van der Waals surface area contributed by atoms with Gasteiger partial charge in [-0.25, -0.2) is 0 Å². The lowest BCUT2D eigenvalue weighted by Crippen LogP contribution is -2.00. The van der Waals surface area contributed by atoms with Gasteiger partial charge in [0.1, 0.15) is 0 Å². The highest BCUT2D eigenvalue weighted by Gasteiger charge is 2.20. The summed E-state index contributed by atoms with van der Waals surface area (Å²) in [5, 5.41) is 9.80. The molecule has 0 spiro atoms. The molecule has 0 amide bonds. The summed E-state index contributed by atoms with van der Waals surface area (Å²) in [5.41, 5.74) is 19.4. The van der Waals surface area contributed by atoms with Crippen LogP contribution in [0.5, 0.6) is 0 Å². The van der Waals surface area contributed by atoms with Gasteiger partial charge >= 0.3 is 0 Å². The molecule has 16 aromatic rings. The smallest absolute Gasteiger partial charge is 0.0703 e. The average molecular weight is 969 g/mol. The predicted molar refractivity (Wildman–Crippen MR) is 316 cm³/mol. The van der Waals surface area contributed by atoms with Gasteiger partial charge in [-0.3, -0.25) is 9.97 Å². The highest BCUT2D eigenvalue weighted by molar-refractivity contribution is 6.12. The van der Waals surface area contributed by atoms with E-state index in [-0.39, 0.29) is 0 Å². The van der Waals surface area contributed by atoms with Crippen LogP contribution in [0.3, 0.4) is 0 Å². The predicted octanol–water partition coefficient (Wildman–Crippen LogP) is 17.9. The van der Waals surface area contributed by atoms with Gasteiger partial charge in [0.2, 0.25) is 0 Å². The van der Waals surface area contributed by atoms with E-state index in [1.165, 1.54) is 43.1 Å². The van der Waals surface area contributed by atoms with Crippen LogP contribution in [0.25, 0.3) is 144 Å². The molecular weight excluding hydrogens is 925 g/mol.